The molecule has 1 aromatic rings. The molecule has 0 aliphatic carbocycles. The highest BCUT2D eigenvalue weighted by Gasteiger charge is 2.21. The monoisotopic (exact) mass is 235 g/mol. The zero-order valence-corrected chi connectivity index (χ0v) is 10.6. The highest BCUT2D eigenvalue weighted by molar-refractivity contribution is 5.33. The van der Waals surface area contributed by atoms with E-state index in [1.54, 1.807) is 7.11 Å². The highest BCUT2D eigenvalue weighted by atomic mass is 16.5. The molecule has 1 fully saturated rings. The molecule has 2 atom stereocenters. The van der Waals surface area contributed by atoms with E-state index in [0.29, 0.717) is 12.0 Å². The molecule has 1 N–H and O–H groups in total. The van der Waals surface area contributed by atoms with Gasteiger partial charge in [-0.1, -0.05) is 18.2 Å². The first-order valence-corrected chi connectivity index (χ1v) is 6.24. The molecule has 0 amide bonds. The van der Waals surface area contributed by atoms with Crippen LogP contribution in [0.25, 0.3) is 0 Å². The lowest BCUT2D eigenvalue weighted by Crippen LogP contribution is -2.33. The maximum atomic E-state index is 5.41. The SMILES string of the molecule is COc1ccccc1CNC(C)C1CCOC1. The van der Waals surface area contributed by atoms with Crippen molar-refractivity contribution in [3.8, 4) is 5.75 Å². The molecule has 1 heterocycles. The van der Waals surface area contributed by atoms with Crippen LogP contribution in [0.5, 0.6) is 5.75 Å². The van der Waals surface area contributed by atoms with E-state index in [4.69, 9.17) is 9.47 Å². The number of ether oxygens (including phenoxy) is 2. The van der Waals surface area contributed by atoms with Gasteiger partial charge in [0.2, 0.25) is 0 Å². The fourth-order valence-corrected chi connectivity index (χ4v) is 2.23. The third kappa shape index (κ3) is 3.20. The Labute approximate surface area is 103 Å². The van der Waals surface area contributed by atoms with Gasteiger partial charge < -0.3 is 14.8 Å². The number of hydrogen-bond acceptors (Lipinski definition) is 3. The summed E-state index contributed by atoms with van der Waals surface area (Å²) in [4.78, 5) is 0. The van der Waals surface area contributed by atoms with E-state index in [-0.39, 0.29) is 0 Å². The standard InChI is InChI=1S/C14H21NO2/c1-11(13-7-8-17-10-13)15-9-12-5-3-4-6-14(12)16-2/h3-6,11,13,15H,7-10H2,1-2H3. The van der Waals surface area contributed by atoms with Gasteiger partial charge in [0.05, 0.1) is 13.7 Å². The van der Waals surface area contributed by atoms with Crippen molar-refractivity contribution in [1.29, 1.82) is 0 Å². The summed E-state index contributed by atoms with van der Waals surface area (Å²) in [7, 11) is 1.72. The van der Waals surface area contributed by atoms with Crippen molar-refractivity contribution in [2.24, 2.45) is 5.92 Å². The molecule has 1 saturated heterocycles. The fourth-order valence-electron chi connectivity index (χ4n) is 2.23. The second-order valence-corrected chi connectivity index (χ2v) is 4.61. The smallest absolute Gasteiger partial charge is 0.123 e. The Kier molecular flexibility index (Phi) is 4.40. The van der Waals surface area contributed by atoms with Crippen molar-refractivity contribution >= 4 is 0 Å². The summed E-state index contributed by atoms with van der Waals surface area (Å²) in [6.07, 6.45) is 1.17. The van der Waals surface area contributed by atoms with E-state index in [2.05, 4.69) is 18.3 Å². The van der Waals surface area contributed by atoms with Crippen molar-refractivity contribution in [2.75, 3.05) is 20.3 Å². The van der Waals surface area contributed by atoms with E-state index in [9.17, 15) is 0 Å². The van der Waals surface area contributed by atoms with Crippen LogP contribution in [-0.2, 0) is 11.3 Å². The molecule has 3 nitrogen and oxygen atoms in total. The Morgan fingerprint density at radius 1 is 1.47 bits per heavy atom. The first kappa shape index (κ1) is 12.4. The van der Waals surface area contributed by atoms with Gasteiger partial charge in [0.25, 0.3) is 0 Å². The summed E-state index contributed by atoms with van der Waals surface area (Å²) >= 11 is 0. The van der Waals surface area contributed by atoms with Gasteiger partial charge in [0.1, 0.15) is 5.75 Å². The molecule has 1 aromatic carbocycles. The highest BCUT2D eigenvalue weighted by Crippen LogP contribution is 2.19. The van der Waals surface area contributed by atoms with E-state index in [0.717, 1.165) is 25.5 Å². The third-order valence-electron chi connectivity index (χ3n) is 3.48. The van der Waals surface area contributed by atoms with Crippen molar-refractivity contribution in [3.05, 3.63) is 29.8 Å². The Hall–Kier alpha value is -1.06. The summed E-state index contributed by atoms with van der Waals surface area (Å²) in [5, 5.41) is 3.56. The van der Waals surface area contributed by atoms with E-state index in [1.165, 1.54) is 12.0 Å². The molecule has 1 aliphatic rings. The third-order valence-corrected chi connectivity index (χ3v) is 3.48. The Balaban J connectivity index is 1.88. The molecular formula is C14H21NO2. The van der Waals surface area contributed by atoms with Crippen LogP contribution in [0.1, 0.15) is 18.9 Å². The van der Waals surface area contributed by atoms with E-state index >= 15 is 0 Å². The predicted molar refractivity (Wildman–Crippen MR) is 68.2 cm³/mol. The number of rotatable bonds is 5. The molecule has 2 rings (SSSR count). The molecule has 0 saturated carbocycles. The van der Waals surface area contributed by atoms with Gasteiger partial charge in [-0.3, -0.25) is 0 Å². The van der Waals surface area contributed by atoms with Gasteiger partial charge in [-0.25, -0.2) is 0 Å². The van der Waals surface area contributed by atoms with Gasteiger partial charge in [-0.2, -0.15) is 0 Å². The normalized spacial score (nSPS) is 21.4. The summed E-state index contributed by atoms with van der Waals surface area (Å²) in [5.74, 6) is 1.60. The molecule has 0 spiro atoms. The molecular weight excluding hydrogens is 214 g/mol. The quantitative estimate of drug-likeness (QED) is 0.848. The van der Waals surface area contributed by atoms with E-state index < -0.39 is 0 Å². The lowest BCUT2D eigenvalue weighted by atomic mass is 10.0. The number of para-hydroxylation sites is 1. The number of methoxy groups -OCH3 is 1. The molecule has 0 aromatic heterocycles. The molecule has 0 bridgehead atoms. The zero-order valence-electron chi connectivity index (χ0n) is 10.6. The predicted octanol–water partition coefficient (Wildman–Crippen LogP) is 2.21. The van der Waals surface area contributed by atoms with E-state index in [1.807, 2.05) is 18.2 Å². The van der Waals surface area contributed by atoms with Gasteiger partial charge in [-0.15, -0.1) is 0 Å². The maximum absolute atomic E-state index is 5.41. The van der Waals surface area contributed by atoms with Gasteiger partial charge in [0.15, 0.2) is 0 Å². The fraction of sp³-hybridized carbons (Fsp3) is 0.571. The maximum Gasteiger partial charge on any atom is 0.123 e. The average Bonchev–Trinajstić information content (AvgIpc) is 2.90. The average molecular weight is 235 g/mol. The minimum absolute atomic E-state index is 0.488. The van der Waals surface area contributed by atoms with Crippen molar-refractivity contribution in [1.82, 2.24) is 5.32 Å². The molecule has 94 valence electrons. The topological polar surface area (TPSA) is 30.5 Å². The Bertz CT molecular complexity index is 348. The lowest BCUT2D eigenvalue weighted by molar-refractivity contribution is 0.178. The van der Waals surface area contributed by atoms with Gasteiger partial charge in [0, 0.05) is 24.8 Å². The number of hydrogen-bond donors (Lipinski definition) is 1. The Morgan fingerprint density at radius 3 is 3.00 bits per heavy atom. The van der Waals surface area contributed by atoms with Crippen LogP contribution in [0.15, 0.2) is 24.3 Å². The minimum Gasteiger partial charge on any atom is -0.496 e. The van der Waals surface area contributed by atoms with Crippen LogP contribution in [-0.4, -0.2) is 26.4 Å². The van der Waals surface area contributed by atoms with Gasteiger partial charge >= 0.3 is 0 Å². The first-order chi connectivity index (χ1) is 8.31. The summed E-state index contributed by atoms with van der Waals surface area (Å²) in [5.41, 5.74) is 1.21. The summed E-state index contributed by atoms with van der Waals surface area (Å²) in [6.45, 7) is 4.88. The number of nitrogens with one attached hydrogen (secondary N) is 1. The lowest BCUT2D eigenvalue weighted by Gasteiger charge is -2.20. The molecule has 2 unspecified atom stereocenters. The summed E-state index contributed by atoms with van der Waals surface area (Å²) < 4.78 is 10.7. The van der Waals surface area contributed by atoms with Crippen LogP contribution >= 0.6 is 0 Å². The van der Waals surface area contributed by atoms with Crippen LogP contribution < -0.4 is 10.1 Å². The first-order valence-electron chi connectivity index (χ1n) is 6.24. The van der Waals surface area contributed by atoms with Crippen LogP contribution in [0.2, 0.25) is 0 Å². The zero-order chi connectivity index (χ0) is 12.1. The largest absolute Gasteiger partial charge is 0.496 e. The molecule has 1 aliphatic heterocycles. The van der Waals surface area contributed by atoms with Crippen molar-refractivity contribution in [2.45, 2.75) is 25.9 Å². The Morgan fingerprint density at radius 2 is 2.29 bits per heavy atom. The van der Waals surface area contributed by atoms with Crippen LogP contribution in [0.4, 0.5) is 0 Å². The number of benzene rings is 1. The van der Waals surface area contributed by atoms with Crippen LogP contribution in [0, 0.1) is 5.92 Å². The molecule has 17 heavy (non-hydrogen) atoms. The van der Waals surface area contributed by atoms with Crippen molar-refractivity contribution in [3.63, 3.8) is 0 Å². The second-order valence-electron chi connectivity index (χ2n) is 4.61. The second kappa shape index (κ2) is 6.03. The van der Waals surface area contributed by atoms with Gasteiger partial charge in [-0.05, 0) is 25.3 Å². The molecule has 0 radical (unpaired) electrons. The molecule has 3 heteroatoms. The minimum atomic E-state index is 0.488. The van der Waals surface area contributed by atoms with Crippen molar-refractivity contribution < 1.29 is 9.47 Å². The summed E-state index contributed by atoms with van der Waals surface area (Å²) in [6, 6.07) is 8.63. The van der Waals surface area contributed by atoms with Crippen LogP contribution in [0.3, 0.4) is 0 Å².